The normalized spacial score (nSPS) is 16.6. The van der Waals surface area contributed by atoms with Gasteiger partial charge in [-0.15, -0.1) is 0 Å². The lowest BCUT2D eigenvalue weighted by atomic mass is 10.4. The number of hydrogen-bond donors (Lipinski definition) is 1. The Bertz CT molecular complexity index is 298. The molecule has 0 aliphatic heterocycles. The van der Waals surface area contributed by atoms with E-state index in [0.29, 0.717) is 12.3 Å². The molecule has 4 nitrogen and oxygen atoms in total. The minimum atomic E-state index is -2.96. The predicted molar refractivity (Wildman–Crippen MR) is 65.3 cm³/mol. The van der Waals surface area contributed by atoms with Gasteiger partial charge < -0.3 is 5.32 Å². The van der Waals surface area contributed by atoms with Crippen LogP contribution >= 0.6 is 0 Å². The van der Waals surface area contributed by atoms with Crippen molar-refractivity contribution >= 4 is 20.6 Å². The van der Waals surface area contributed by atoms with Crippen LogP contribution in [0.5, 0.6) is 0 Å². The van der Waals surface area contributed by atoms with Gasteiger partial charge in [-0.05, 0) is 20.8 Å². The molecule has 0 bridgehead atoms. The van der Waals surface area contributed by atoms with Gasteiger partial charge in [-0.1, -0.05) is 0 Å². The lowest BCUT2D eigenvalue weighted by Crippen LogP contribution is -2.35. The third-order valence-corrected chi connectivity index (χ3v) is 5.26. The summed E-state index contributed by atoms with van der Waals surface area (Å²) in [5.41, 5.74) is 0. The molecule has 0 aliphatic rings. The Morgan fingerprint density at radius 2 is 1.80 bits per heavy atom. The summed E-state index contributed by atoms with van der Waals surface area (Å²) in [5, 5.41) is 2.73. The van der Waals surface area contributed by atoms with E-state index < -0.39 is 20.6 Å². The first-order valence-electron chi connectivity index (χ1n) is 5.00. The van der Waals surface area contributed by atoms with E-state index >= 15 is 0 Å². The largest absolute Gasteiger partial charge is 0.312 e. The zero-order chi connectivity index (χ0) is 12.1. The Labute approximate surface area is 95.2 Å². The maximum atomic E-state index is 11.4. The molecule has 0 saturated carbocycles. The summed E-state index contributed by atoms with van der Waals surface area (Å²) in [4.78, 5) is 0. The van der Waals surface area contributed by atoms with Gasteiger partial charge in [-0.25, -0.2) is 8.42 Å². The third-order valence-electron chi connectivity index (χ3n) is 2.08. The average molecular weight is 255 g/mol. The summed E-state index contributed by atoms with van der Waals surface area (Å²) >= 11 is 0. The van der Waals surface area contributed by atoms with Crippen molar-refractivity contribution in [2.24, 2.45) is 0 Å². The van der Waals surface area contributed by atoms with Crippen LogP contribution < -0.4 is 5.32 Å². The van der Waals surface area contributed by atoms with Crippen molar-refractivity contribution in [3.8, 4) is 0 Å². The molecule has 0 rings (SSSR count). The molecule has 2 atom stereocenters. The van der Waals surface area contributed by atoms with Crippen molar-refractivity contribution in [2.75, 3.05) is 24.3 Å². The lowest BCUT2D eigenvalue weighted by molar-refractivity contribution is 0.571. The zero-order valence-corrected chi connectivity index (χ0v) is 11.5. The summed E-state index contributed by atoms with van der Waals surface area (Å²) in [7, 11) is -3.80. The minimum absolute atomic E-state index is 0.0956. The highest BCUT2D eigenvalue weighted by atomic mass is 32.2. The first-order valence-corrected chi connectivity index (χ1v) is 8.45. The van der Waals surface area contributed by atoms with E-state index in [1.807, 2.05) is 6.92 Å². The van der Waals surface area contributed by atoms with E-state index in [9.17, 15) is 12.6 Å². The Morgan fingerprint density at radius 3 is 2.20 bits per heavy atom. The molecule has 0 aromatic heterocycles. The van der Waals surface area contributed by atoms with E-state index in [2.05, 4.69) is 5.32 Å². The Balaban J connectivity index is 3.85. The average Bonchev–Trinajstić information content (AvgIpc) is 2.01. The monoisotopic (exact) mass is 255 g/mol. The molecule has 92 valence electrons. The van der Waals surface area contributed by atoms with E-state index in [1.165, 1.54) is 0 Å². The summed E-state index contributed by atoms with van der Waals surface area (Å²) in [6.45, 7) is 5.70. The topological polar surface area (TPSA) is 63.2 Å². The van der Waals surface area contributed by atoms with Crippen LogP contribution in [0.15, 0.2) is 0 Å². The van der Waals surface area contributed by atoms with Crippen LogP contribution in [0.25, 0.3) is 0 Å². The molecular weight excluding hydrogens is 234 g/mol. The standard InChI is InChI=1S/C9H21NO3S2/c1-8(2)15(12,13)6-5-10-9(3)7-14(4)11/h8-10H,5-7H2,1-4H3. The van der Waals surface area contributed by atoms with Crippen molar-refractivity contribution in [3.05, 3.63) is 0 Å². The van der Waals surface area contributed by atoms with Crippen molar-refractivity contribution in [2.45, 2.75) is 32.1 Å². The van der Waals surface area contributed by atoms with Crippen molar-refractivity contribution in [1.82, 2.24) is 5.32 Å². The summed E-state index contributed by atoms with van der Waals surface area (Å²) in [6.07, 6.45) is 1.64. The first-order chi connectivity index (χ1) is 6.75. The van der Waals surface area contributed by atoms with Crippen LogP contribution in [-0.2, 0) is 20.6 Å². The minimum Gasteiger partial charge on any atom is -0.312 e. The molecule has 0 saturated heterocycles. The van der Waals surface area contributed by atoms with Crippen LogP contribution in [0.1, 0.15) is 20.8 Å². The van der Waals surface area contributed by atoms with Crippen molar-refractivity contribution in [3.63, 3.8) is 0 Å². The molecule has 15 heavy (non-hydrogen) atoms. The Morgan fingerprint density at radius 1 is 1.27 bits per heavy atom. The van der Waals surface area contributed by atoms with Gasteiger partial charge in [0, 0.05) is 35.4 Å². The fraction of sp³-hybridized carbons (Fsp3) is 1.00. The molecule has 0 fully saturated rings. The predicted octanol–water partition coefficient (Wildman–Crippen LogP) is 0.166. The lowest BCUT2D eigenvalue weighted by Gasteiger charge is -2.13. The SMILES string of the molecule is CC(CS(C)=O)NCCS(=O)(=O)C(C)C. The van der Waals surface area contributed by atoms with E-state index in [0.717, 1.165) is 0 Å². The van der Waals surface area contributed by atoms with E-state index in [4.69, 9.17) is 0 Å². The van der Waals surface area contributed by atoms with Crippen LogP contribution in [0.4, 0.5) is 0 Å². The molecule has 2 unspecified atom stereocenters. The van der Waals surface area contributed by atoms with E-state index in [-0.39, 0.29) is 17.0 Å². The number of nitrogens with one attached hydrogen (secondary N) is 1. The number of rotatable bonds is 7. The summed E-state index contributed by atoms with van der Waals surface area (Å²) < 4.78 is 33.7. The van der Waals surface area contributed by atoms with E-state index in [1.54, 1.807) is 20.1 Å². The quantitative estimate of drug-likeness (QED) is 0.704. The van der Waals surface area contributed by atoms with Crippen LogP contribution in [0.2, 0.25) is 0 Å². The zero-order valence-electron chi connectivity index (χ0n) is 9.82. The molecule has 0 aromatic rings. The Hall–Kier alpha value is 0.0600. The highest BCUT2D eigenvalue weighted by molar-refractivity contribution is 7.92. The molecule has 0 heterocycles. The van der Waals surface area contributed by atoms with Gasteiger partial charge in [0.25, 0.3) is 0 Å². The fourth-order valence-electron chi connectivity index (χ4n) is 1.09. The summed E-state index contributed by atoms with van der Waals surface area (Å²) in [5.74, 6) is 0.701. The smallest absolute Gasteiger partial charge is 0.153 e. The van der Waals surface area contributed by atoms with Gasteiger partial charge in [-0.3, -0.25) is 4.21 Å². The molecule has 0 aromatic carbocycles. The molecule has 0 aliphatic carbocycles. The second-order valence-electron chi connectivity index (χ2n) is 4.01. The second-order valence-corrected chi connectivity index (χ2v) is 8.17. The molecular formula is C9H21NO3S2. The second kappa shape index (κ2) is 6.60. The summed E-state index contributed by atoms with van der Waals surface area (Å²) in [6, 6.07) is 0.0956. The highest BCUT2D eigenvalue weighted by Crippen LogP contribution is 1.99. The number of sulfone groups is 1. The fourth-order valence-corrected chi connectivity index (χ4v) is 2.79. The van der Waals surface area contributed by atoms with Gasteiger partial charge in [0.15, 0.2) is 9.84 Å². The van der Waals surface area contributed by atoms with Gasteiger partial charge in [0.05, 0.1) is 11.0 Å². The van der Waals surface area contributed by atoms with Gasteiger partial charge in [-0.2, -0.15) is 0 Å². The van der Waals surface area contributed by atoms with Gasteiger partial charge in [0.2, 0.25) is 0 Å². The van der Waals surface area contributed by atoms with Gasteiger partial charge in [0.1, 0.15) is 0 Å². The van der Waals surface area contributed by atoms with Crippen LogP contribution in [0, 0.1) is 0 Å². The van der Waals surface area contributed by atoms with Gasteiger partial charge >= 0.3 is 0 Å². The molecule has 1 N–H and O–H groups in total. The third kappa shape index (κ3) is 7.03. The Kier molecular flexibility index (Phi) is 6.63. The van der Waals surface area contributed by atoms with Crippen molar-refractivity contribution in [1.29, 1.82) is 0 Å². The first kappa shape index (κ1) is 15.1. The van der Waals surface area contributed by atoms with Crippen molar-refractivity contribution < 1.29 is 12.6 Å². The van der Waals surface area contributed by atoms with Crippen LogP contribution in [-0.4, -0.2) is 48.2 Å². The number of hydrogen-bond acceptors (Lipinski definition) is 4. The molecule has 6 heteroatoms. The highest BCUT2D eigenvalue weighted by Gasteiger charge is 2.15. The molecule has 0 spiro atoms. The maximum Gasteiger partial charge on any atom is 0.153 e. The van der Waals surface area contributed by atoms with Crippen LogP contribution in [0.3, 0.4) is 0 Å². The molecule has 0 radical (unpaired) electrons. The molecule has 0 amide bonds. The maximum absolute atomic E-state index is 11.4.